The monoisotopic (exact) mass is 325 g/mol. The number of hydrogen-bond acceptors (Lipinski definition) is 5. The molecule has 1 N–H and O–H groups in total. The van der Waals surface area contributed by atoms with Crippen LogP contribution in [0.4, 0.5) is 0 Å². The molecule has 0 saturated carbocycles. The zero-order chi connectivity index (χ0) is 16.0. The molecule has 22 heavy (non-hydrogen) atoms. The summed E-state index contributed by atoms with van der Waals surface area (Å²) < 4.78 is 28.7. The quantitative estimate of drug-likeness (QED) is 0.807. The predicted octanol–water partition coefficient (Wildman–Crippen LogP) is 3.32. The van der Waals surface area contributed by atoms with E-state index in [9.17, 15) is 9.46 Å². The summed E-state index contributed by atoms with van der Waals surface area (Å²) in [5.41, 5.74) is 0.833. The van der Waals surface area contributed by atoms with Crippen LogP contribution in [-0.2, 0) is 18.6 Å². The van der Waals surface area contributed by atoms with Crippen LogP contribution in [0.15, 0.2) is 24.3 Å². The second-order valence-electron chi connectivity index (χ2n) is 5.00. The van der Waals surface area contributed by atoms with Gasteiger partial charge in [0.2, 0.25) is 0 Å². The molecular weight excluding hydrogens is 305 g/mol. The molecule has 1 heterocycles. The van der Waals surface area contributed by atoms with Crippen LogP contribution in [0.25, 0.3) is 0 Å². The van der Waals surface area contributed by atoms with Crippen LogP contribution in [-0.4, -0.2) is 24.4 Å². The van der Waals surface area contributed by atoms with E-state index in [2.05, 4.69) is 0 Å². The van der Waals surface area contributed by atoms with Gasteiger partial charge in [-0.25, -0.2) is 0 Å². The van der Waals surface area contributed by atoms with E-state index in [0.29, 0.717) is 24.2 Å². The minimum absolute atomic E-state index is 0.0943. The molecule has 1 aromatic rings. The maximum Gasteiger partial charge on any atom is 0.361 e. The van der Waals surface area contributed by atoms with E-state index in [-0.39, 0.29) is 6.61 Å². The lowest BCUT2D eigenvalue weighted by atomic mass is 10.1. The first-order valence-corrected chi connectivity index (χ1v) is 8.95. The molecule has 0 aromatic heterocycles. The third-order valence-corrected chi connectivity index (χ3v) is 4.97. The summed E-state index contributed by atoms with van der Waals surface area (Å²) in [6.07, 6.45) is 2.03. The summed E-state index contributed by atoms with van der Waals surface area (Å²) in [7, 11) is -4.03. The van der Waals surface area contributed by atoms with E-state index in [1.54, 1.807) is 25.1 Å². The summed E-state index contributed by atoms with van der Waals surface area (Å²) in [5, 5.41) is 8.99. The van der Waals surface area contributed by atoms with Gasteiger partial charge in [0.25, 0.3) is 0 Å². The molecule has 1 aromatic carbocycles. The van der Waals surface area contributed by atoms with Crippen molar-refractivity contribution in [1.29, 1.82) is 5.26 Å². The van der Waals surface area contributed by atoms with Crippen molar-refractivity contribution in [3.05, 3.63) is 35.4 Å². The largest absolute Gasteiger partial charge is 0.361 e. The zero-order valence-electron chi connectivity index (χ0n) is 12.5. The second-order valence-corrected chi connectivity index (χ2v) is 6.86. The highest BCUT2D eigenvalue weighted by atomic mass is 31.2. The van der Waals surface area contributed by atoms with Gasteiger partial charge in [-0.1, -0.05) is 12.1 Å². The number of hydrogen-bond donors (Lipinski definition) is 1. The molecule has 0 amide bonds. The Hall–Kier alpha value is -1.22. The third kappa shape index (κ3) is 4.39. The topological polar surface area (TPSA) is 88.8 Å². The van der Waals surface area contributed by atoms with Crippen molar-refractivity contribution in [2.45, 2.75) is 38.3 Å². The van der Waals surface area contributed by atoms with Crippen molar-refractivity contribution < 1.29 is 23.5 Å². The van der Waals surface area contributed by atoms with Gasteiger partial charge in [-0.05, 0) is 43.9 Å². The molecule has 3 unspecified atom stereocenters. The van der Waals surface area contributed by atoms with Crippen LogP contribution in [0, 0.1) is 11.3 Å². The molecule has 1 aliphatic rings. The average molecular weight is 325 g/mol. The van der Waals surface area contributed by atoms with Gasteiger partial charge in [-0.3, -0.25) is 4.57 Å². The van der Waals surface area contributed by atoms with E-state index >= 15 is 0 Å². The van der Waals surface area contributed by atoms with Crippen LogP contribution in [0.5, 0.6) is 0 Å². The number of nitriles is 1. The number of rotatable bonds is 6. The first-order valence-electron chi connectivity index (χ1n) is 7.31. The molecule has 0 bridgehead atoms. The van der Waals surface area contributed by atoms with E-state index in [1.807, 2.05) is 6.07 Å². The summed E-state index contributed by atoms with van der Waals surface area (Å²) >= 11 is 0. The van der Waals surface area contributed by atoms with Crippen molar-refractivity contribution in [2.24, 2.45) is 0 Å². The van der Waals surface area contributed by atoms with Gasteiger partial charge < -0.3 is 18.9 Å². The minimum Gasteiger partial charge on any atom is -0.353 e. The van der Waals surface area contributed by atoms with Gasteiger partial charge in [0.05, 0.1) is 18.2 Å². The lowest BCUT2D eigenvalue weighted by molar-refractivity contribution is -0.176. The van der Waals surface area contributed by atoms with Gasteiger partial charge in [-0.2, -0.15) is 5.26 Å². The maximum absolute atomic E-state index is 12.5. The van der Waals surface area contributed by atoms with Gasteiger partial charge >= 0.3 is 7.60 Å². The van der Waals surface area contributed by atoms with Crippen LogP contribution >= 0.6 is 7.60 Å². The second kappa shape index (κ2) is 7.87. The molecular formula is C15H20NO5P. The lowest BCUT2D eigenvalue weighted by Crippen LogP contribution is -2.25. The molecule has 120 valence electrons. The standard InChI is InChI=1S/C15H20NO5P/c1-2-20-22(17,18)15(21-14-8-3-4-9-19-14)13-7-5-6-12(10-13)11-16/h5-7,10,14-15H,2-4,8-9H2,1H3,(H,17,18). The van der Waals surface area contributed by atoms with Crippen LogP contribution in [0.3, 0.4) is 0 Å². The normalized spacial score (nSPS) is 22.5. The highest BCUT2D eigenvalue weighted by Crippen LogP contribution is 2.57. The molecule has 3 atom stereocenters. The Morgan fingerprint density at radius 3 is 3.00 bits per heavy atom. The van der Waals surface area contributed by atoms with Crippen molar-refractivity contribution in [3.63, 3.8) is 0 Å². The van der Waals surface area contributed by atoms with Crippen molar-refractivity contribution >= 4 is 7.60 Å². The minimum atomic E-state index is -4.03. The Labute approximate surface area is 130 Å². The molecule has 1 fully saturated rings. The average Bonchev–Trinajstić information content (AvgIpc) is 2.53. The molecule has 6 nitrogen and oxygen atoms in total. The fourth-order valence-corrected chi connectivity index (χ4v) is 3.65. The lowest BCUT2D eigenvalue weighted by Gasteiger charge is -2.29. The SMILES string of the molecule is CCOP(=O)(O)C(OC1CCCCO1)c1cccc(C#N)c1. The summed E-state index contributed by atoms with van der Waals surface area (Å²) in [5.74, 6) is -1.16. The van der Waals surface area contributed by atoms with E-state index < -0.39 is 19.7 Å². The Bertz CT molecular complexity index is 580. The highest BCUT2D eigenvalue weighted by molar-refractivity contribution is 7.53. The molecule has 2 rings (SSSR count). The summed E-state index contributed by atoms with van der Waals surface area (Å²) in [6.45, 7) is 2.31. The molecule has 1 saturated heterocycles. The number of benzene rings is 1. The van der Waals surface area contributed by atoms with Crippen LogP contribution in [0.2, 0.25) is 0 Å². The fraction of sp³-hybridized carbons (Fsp3) is 0.533. The van der Waals surface area contributed by atoms with E-state index in [4.69, 9.17) is 19.3 Å². The van der Waals surface area contributed by atoms with Crippen LogP contribution < -0.4 is 0 Å². The van der Waals surface area contributed by atoms with Crippen LogP contribution in [0.1, 0.15) is 43.2 Å². The molecule has 0 spiro atoms. The van der Waals surface area contributed by atoms with Gasteiger partial charge in [0.1, 0.15) is 0 Å². The molecule has 7 heteroatoms. The Kier molecular flexibility index (Phi) is 6.13. The highest BCUT2D eigenvalue weighted by Gasteiger charge is 2.37. The Morgan fingerprint density at radius 2 is 2.36 bits per heavy atom. The van der Waals surface area contributed by atoms with Gasteiger partial charge in [0.15, 0.2) is 12.1 Å². The fourth-order valence-electron chi connectivity index (χ4n) is 2.32. The molecule has 0 aliphatic carbocycles. The molecule has 0 radical (unpaired) electrons. The van der Waals surface area contributed by atoms with E-state index in [0.717, 1.165) is 12.8 Å². The van der Waals surface area contributed by atoms with Crippen molar-refractivity contribution in [2.75, 3.05) is 13.2 Å². The van der Waals surface area contributed by atoms with Gasteiger partial charge in [0, 0.05) is 6.61 Å². The third-order valence-electron chi connectivity index (χ3n) is 3.33. The zero-order valence-corrected chi connectivity index (χ0v) is 13.4. The summed E-state index contributed by atoms with van der Waals surface area (Å²) in [4.78, 5) is 10.2. The van der Waals surface area contributed by atoms with Crippen molar-refractivity contribution in [3.8, 4) is 6.07 Å². The smallest absolute Gasteiger partial charge is 0.353 e. The van der Waals surface area contributed by atoms with Crippen molar-refractivity contribution in [1.82, 2.24) is 0 Å². The summed E-state index contributed by atoms with van der Waals surface area (Å²) in [6, 6.07) is 8.47. The predicted molar refractivity (Wildman–Crippen MR) is 80.0 cm³/mol. The number of ether oxygens (including phenoxy) is 2. The Balaban J connectivity index is 2.27. The first kappa shape index (κ1) is 17.1. The Morgan fingerprint density at radius 1 is 1.55 bits per heavy atom. The van der Waals surface area contributed by atoms with Gasteiger partial charge in [-0.15, -0.1) is 0 Å². The molecule has 1 aliphatic heterocycles. The van der Waals surface area contributed by atoms with E-state index in [1.165, 1.54) is 6.07 Å². The maximum atomic E-state index is 12.5. The first-order chi connectivity index (χ1) is 10.6. The number of nitrogens with zero attached hydrogens (tertiary/aromatic N) is 1.